The maximum atomic E-state index is 2.41. The van der Waals surface area contributed by atoms with E-state index in [2.05, 4.69) is 88.4 Å². The average molecular weight is 594 g/mol. The molecule has 0 saturated heterocycles. The summed E-state index contributed by atoms with van der Waals surface area (Å²) in [5.74, 6) is 0. The fourth-order valence-electron chi connectivity index (χ4n) is 5.09. The number of halogens is 2. The van der Waals surface area contributed by atoms with E-state index in [1.54, 1.807) is 10.4 Å². The Morgan fingerprint density at radius 1 is 0.679 bits per heavy atom. The van der Waals surface area contributed by atoms with Gasteiger partial charge in [-0.05, 0) is 0 Å². The van der Waals surface area contributed by atoms with Gasteiger partial charge in [0.2, 0.25) is 0 Å². The van der Waals surface area contributed by atoms with Crippen molar-refractivity contribution in [1.82, 2.24) is 0 Å². The van der Waals surface area contributed by atoms with E-state index in [-0.39, 0.29) is 60.2 Å². The molecule has 0 nitrogen and oxygen atoms in total. The van der Waals surface area contributed by atoms with Crippen LogP contribution in [0.25, 0.3) is 21.5 Å². The van der Waals surface area contributed by atoms with Gasteiger partial charge in [-0.1, -0.05) is 51.9 Å². The quantitative estimate of drug-likeness (QED) is 0.225. The molecule has 0 aliphatic heterocycles. The molecular weight excluding hydrogens is 567 g/mol. The van der Waals surface area contributed by atoms with E-state index in [4.69, 9.17) is 0 Å². The Hall–Kier alpha value is -0.280. The van der Waals surface area contributed by atoms with Gasteiger partial charge in [-0.3, -0.25) is 0 Å². The van der Waals surface area contributed by atoms with E-state index in [1.807, 2.05) is 0 Å². The van der Waals surface area contributed by atoms with Crippen LogP contribution in [0.3, 0.4) is 0 Å². The van der Waals surface area contributed by atoms with E-state index in [0.29, 0.717) is 0 Å². The van der Waals surface area contributed by atoms with Crippen LogP contribution in [0.1, 0.15) is 25.0 Å². The summed E-state index contributed by atoms with van der Waals surface area (Å²) in [7, 11) is -1.81. The molecule has 0 fully saturated rings. The third-order valence-corrected chi connectivity index (χ3v) is 11.8. The van der Waals surface area contributed by atoms with Gasteiger partial charge in [-0.25, -0.2) is 0 Å². The van der Waals surface area contributed by atoms with Gasteiger partial charge in [0, 0.05) is 8.07 Å². The second kappa shape index (κ2) is 10.2. The molecular formula is C24H26Br2SiZr. The molecule has 0 N–H and O–H groups in total. The number of aryl methyl sites for hydroxylation is 2. The molecule has 0 saturated carbocycles. The first-order valence-corrected chi connectivity index (χ1v) is 11.8. The SMILES string of the molecule is CC[Si](CC)(c1c(C)[cH-]c2ccccc12)c1c(C)[cH-]c2ccccc12.[Br-].[Br-].[Zr+4]. The predicted molar refractivity (Wildman–Crippen MR) is 115 cm³/mol. The maximum absolute atomic E-state index is 2.41. The normalized spacial score (nSPS) is 11.0. The van der Waals surface area contributed by atoms with Crippen LogP contribution >= 0.6 is 0 Å². The summed E-state index contributed by atoms with van der Waals surface area (Å²) >= 11 is 0. The van der Waals surface area contributed by atoms with Gasteiger partial charge >= 0.3 is 26.2 Å². The Kier molecular flexibility index (Phi) is 9.34. The van der Waals surface area contributed by atoms with Crippen LogP contribution in [0.4, 0.5) is 0 Å². The summed E-state index contributed by atoms with van der Waals surface area (Å²) in [6.45, 7) is 9.47. The zero-order valence-corrected chi connectivity index (χ0v) is 23.6. The van der Waals surface area contributed by atoms with Crippen LogP contribution in [0.2, 0.25) is 12.1 Å². The molecule has 0 spiro atoms. The molecule has 0 amide bonds. The van der Waals surface area contributed by atoms with E-state index in [9.17, 15) is 0 Å². The van der Waals surface area contributed by atoms with E-state index >= 15 is 0 Å². The summed E-state index contributed by atoms with van der Waals surface area (Å²) in [6, 6.07) is 25.3. The Balaban J connectivity index is 0.00000131. The standard InChI is InChI=1S/C24H26Si.2BrH.Zr/c1-5-25(6-2,23-17(3)15-19-11-7-9-13-21(19)23)24-18(4)16-20-12-8-10-14-22(20)24;;;/h7-16H,5-6H2,1-4H3;2*1H;/q-2;;;+4/p-2. The van der Waals surface area contributed by atoms with Crippen molar-refractivity contribution < 1.29 is 60.2 Å². The van der Waals surface area contributed by atoms with E-state index in [0.717, 1.165) is 0 Å². The van der Waals surface area contributed by atoms with Crippen molar-refractivity contribution in [3.05, 3.63) is 71.8 Å². The van der Waals surface area contributed by atoms with Crippen molar-refractivity contribution in [3.63, 3.8) is 0 Å². The first kappa shape index (κ1) is 25.8. The van der Waals surface area contributed by atoms with Gasteiger partial charge in [0.05, 0.1) is 0 Å². The molecule has 0 bridgehead atoms. The summed E-state index contributed by atoms with van der Waals surface area (Å²) in [6.07, 6.45) is 0. The summed E-state index contributed by atoms with van der Waals surface area (Å²) < 4.78 is 0. The number of fused-ring (bicyclic) bond motifs is 2. The van der Waals surface area contributed by atoms with Crippen LogP contribution in [-0.4, -0.2) is 8.07 Å². The van der Waals surface area contributed by atoms with Crippen LogP contribution in [0.15, 0.2) is 60.7 Å². The molecule has 0 aliphatic rings. The minimum atomic E-state index is -1.81. The summed E-state index contributed by atoms with van der Waals surface area (Å²) in [5.41, 5.74) is 2.97. The second-order valence-corrected chi connectivity index (χ2v) is 11.9. The fourth-order valence-corrected chi connectivity index (χ4v) is 10.4. The predicted octanol–water partition coefficient (Wildman–Crippen LogP) is -0.344. The molecule has 28 heavy (non-hydrogen) atoms. The first-order valence-electron chi connectivity index (χ1n) is 9.43. The van der Waals surface area contributed by atoms with Crippen molar-refractivity contribution >= 4 is 40.0 Å². The molecule has 144 valence electrons. The average Bonchev–Trinajstić information content (AvgIpc) is 3.14. The first-order chi connectivity index (χ1) is 12.1. The number of hydrogen-bond donors (Lipinski definition) is 0. The van der Waals surface area contributed by atoms with Crippen molar-refractivity contribution in [2.75, 3.05) is 0 Å². The van der Waals surface area contributed by atoms with Crippen molar-refractivity contribution in [1.29, 1.82) is 0 Å². The Bertz CT molecular complexity index is 975. The fraction of sp³-hybridized carbons (Fsp3) is 0.250. The van der Waals surface area contributed by atoms with Crippen molar-refractivity contribution in [3.8, 4) is 0 Å². The van der Waals surface area contributed by atoms with Gasteiger partial charge in [-0.15, -0.1) is 81.2 Å². The molecule has 4 aromatic rings. The third-order valence-electron chi connectivity index (χ3n) is 6.16. The monoisotopic (exact) mass is 590 g/mol. The van der Waals surface area contributed by atoms with Gasteiger partial charge in [0.1, 0.15) is 0 Å². The molecule has 0 aliphatic carbocycles. The Morgan fingerprint density at radius 2 is 1.04 bits per heavy atom. The molecule has 4 aromatic carbocycles. The largest absolute Gasteiger partial charge is 4.00 e. The molecule has 0 aromatic heterocycles. The van der Waals surface area contributed by atoms with Crippen LogP contribution in [-0.2, 0) is 26.2 Å². The minimum absolute atomic E-state index is 0. The molecule has 4 rings (SSSR count). The topological polar surface area (TPSA) is 0 Å². The maximum Gasteiger partial charge on any atom is 4.00 e. The van der Waals surface area contributed by atoms with Crippen LogP contribution in [0.5, 0.6) is 0 Å². The zero-order valence-electron chi connectivity index (χ0n) is 16.9. The van der Waals surface area contributed by atoms with Gasteiger partial charge < -0.3 is 34.0 Å². The summed E-state index contributed by atoms with van der Waals surface area (Å²) in [4.78, 5) is 0. The minimum Gasteiger partial charge on any atom is -1.00 e. The second-order valence-electron chi connectivity index (χ2n) is 7.37. The summed E-state index contributed by atoms with van der Waals surface area (Å²) in [5, 5.41) is 9.13. The molecule has 0 unspecified atom stereocenters. The third kappa shape index (κ3) is 3.87. The number of benzene rings is 2. The van der Waals surface area contributed by atoms with E-state index < -0.39 is 8.07 Å². The van der Waals surface area contributed by atoms with Gasteiger partial charge in [0.25, 0.3) is 0 Å². The Labute approximate surface area is 210 Å². The van der Waals surface area contributed by atoms with Gasteiger partial charge in [0.15, 0.2) is 0 Å². The molecule has 0 atom stereocenters. The molecule has 0 radical (unpaired) electrons. The van der Waals surface area contributed by atoms with Crippen LogP contribution < -0.4 is 44.3 Å². The van der Waals surface area contributed by atoms with E-state index in [1.165, 1.54) is 44.8 Å². The van der Waals surface area contributed by atoms with Gasteiger partial charge in [-0.2, -0.15) is 10.4 Å². The Morgan fingerprint density at radius 3 is 1.39 bits per heavy atom. The number of rotatable bonds is 4. The smallest absolute Gasteiger partial charge is 1.00 e. The number of hydrogen-bond acceptors (Lipinski definition) is 0. The van der Waals surface area contributed by atoms with Crippen molar-refractivity contribution in [2.45, 2.75) is 39.8 Å². The van der Waals surface area contributed by atoms with Crippen molar-refractivity contribution in [2.24, 2.45) is 0 Å². The van der Waals surface area contributed by atoms with Crippen LogP contribution in [0, 0.1) is 13.8 Å². The molecule has 4 heteroatoms. The zero-order chi connectivity index (χ0) is 17.6. The molecule has 0 heterocycles.